The lowest BCUT2D eigenvalue weighted by Gasteiger charge is -2.37. The Hall–Kier alpha value is -0.550. The van der Waals surface area contributed by atoms with Crippen molar-refractivity contribution in [3.63, 3.8) is 0 Å². The molecule has 2 nitrogen and oxygen atoms in total. The highest BCUT2D eigenvalue weighted by molar-refractivity contribution is 5.02. The molecule has 2 aliphatic rings. The highest BCUT2D eigenvalue weighted by atomic mass is 16.5. The van der Waals surface area contributed by atoms with Crippen LogP contribution in [0, 0.1) is 28.6 Å². The van der Waals surface area contributed by atoms with Gasteiger partial charge in [0.2, 0.25) is 0 Å². The van der Waals surface area contributed by atoms with Gasteiger partial charge in [-0.05, 0) is 63.2 Å². The van der Waals surface area contributed by atoms with E-state index in [0.717, 1.165) is 24.7 Å². The molecule has 0 aromatic rings. The van der Waals surface area contributed by atoms with Gasteiger partial charge >= 0.3 is 0 Å². The molecule has 2 aliphatic carbocycles. The van der Waals surface area contributed by atoms with Crippen LogP contribution in [0.15, 0.2) is 0 Å². The number of nitriles is 1. The van der Waals surface area contributed by atoms with E-state index < -0.39 is 0 Å². The third-order valence-corrected chi connectivity index (χ3v) is 6.85. The molecule has 25 heavy (non-hydrogen) atoms. The van der Waals surface area contributed by atoms with Crippen molar-refractivity contribution in [2.24, 2.45) is 17.3 Å². The summed E-state index contributed by atoms with van der Waals surface area (Å²) in [5, 5.41) is 9.74. The quantitative estimate of drug-likeness (QED) is 0.397. The molecule has 144 valence electrons. The molecule has 2 fully saturated rings. The van der Waals surface area contributed by atoms with Gasteiger partial charge in [-0.15, -0.1) is 0 Å². The predicted molar refractivity (Wildman–Crippen MR) is 105 cm³/mol. The molecule has 0 radical (unpaired) electrons. The fraction of sp³-hybridized carbons (Fsp3) is 0.957. The van der Waals surface area contributed by atoms with Gasteiger partial charge in [-0.3, -0.25) is 0 Å². The monoisotopic (exact) mass is 347 g/mol. The molecule has 0 heterocycles. The van der Waals surface area contributed by atoms with E-state index in [1.807, 2.05) is 0 Å². The van der Waals surface area contributed by atoms with Crippen molar-refractivity contribution in [2.45, 2.75) is 116 Å². The van der Waals surface area contributed by atoms with E-state index in [0.29, 0.717) is 12.7 Å². The first-order valence-electron chi connectivity index (χ1n) is 11.2. The van der Waals surface area contributed by atoms with Crippen LogP contribution in [0.3, 0.4) is 0 Å². The fourth-order valence-electron chi connectivity index (χ4n) is 4.94. The smallest absolute Gasteiger partial charge is 0.0807 e. The third kappa shape index (κ3) is 6.93. The first-order valence-corrected chi connectivity index (χ1v) is 11.2. The molecule has 0 amide bonds. The molecule has 2 saturated carbocycles. The van der Waals surface area contributed by atoms with Crippen molar-refractivity contribution in [3.8, 4) is 6.07 Å². The summed E-state index contributed by atoms with van der Waals surface area (Å²) in [4.78, 5) is 0. The number of ether oxygens (including phenoxy) is 1. The largest absolute Gasteiger partial charge is 0.377 e. The first kappa shape index (κ1) is 20.8. The van der Waals surface area contributed by atoms with Gasteiger partial charge in [-0.1, -0.05) is 58.8 Å². The second kappa shape index (κ2) is 11.2. The van der Waals surface area contributed by atoms with Gasteiger partial charge in [0.05, 0.1) is 24.2 Å². The van der Waals surface area contributed by atoms with Crippen LogP contribution in [0.1, 0.15) is 110 Å². The van der Waals surface area contributed by atoms with Crippen LogP contribution < -0.4 is 0 Å². The van der Waals surface area contributed by atoms with Crippen LogP contribution in [-0.4, -0.2) is 12.7 Å². The summed E-state index contributed by atoms with van der Waals surface area (Å²) < 4.78 is 6.28. The fourth-order valence-corrected chi connectivity index (χ4v) is 4.94. The normalized spacial score (nSPS) is 33.1. The zero-order chi connectivity index (χ0) is 18.0. The maximum atomic E-state index is 9.74. The summed E-state index contributed by atoms with van der Waals surface area (Å²) in [7, 11) is 0. The molecular weight excluding hydrogens is 306 g/mol. The number of nitrogens with zero attached hydrogens (tertiary/aromatic N) is 1. The SMILES string of the molecule is CCCCCCC1CCC(OCC2(C#N)CCC(CCC)CC2)CC1. The zero-order valence-electron chi connectivity index (χ0n) is 16.9. The lowest BCUT2D eigenvalue weighted by Crippen LogP contribution is -2.33. The topological polar surface area (TPSA) is 33.0 Å². The van der Waals surface area contributed by atoms with Crippen LogP contribution >= 0.6 is 0 Å². The molecule has 0 N–H and O–H groups in total. The standard InChI is InChI=1S/C23H41NO/c1-3-5-6-7-9-21-10-12-22(13-11-21)25-19-23(18-24)16-14-20(8-4-2)15-17-23/h20-22H,3-17,19H2,1-2H3. The van der Waals surface area contributed by atoms with Crippen LogP contribution in [0.4, 0.5) is 0 Å². The van der Waals surface area contributed by atoms with Gasteiger partial charge in [-0.25, -0.2) is 0 Å². The molecule has 0 unspecified atom stereocenters. The predicted octanol–water partition coefficient (Wildman–Crippen LogP) is 7.03. The van der Waals surface area contributed by atoms with Gasteiger partial charge in [0.15, 0.2) is 0 Å². The van der Waals surface area contributed by atoms with Crippen molar-refractivity contribution < 1.29 is 4.74 Å². The zero-order valence-corrected chi connectivity index (χ0v) is 16.9. The summed E-state index contributed by atoms with van der Waals surface area (Å²) in [5.74, 6) is 1.79. The molecule has 0 aromatic heterocycles. The van der Waals surface area contributed by atoms with Crippen molar-refractivity contribution in [2.75, 3.05) is 6.61 Å². The molecular formula is C23H41NO. The molecule has 0 aliphatic heterocycles. The molecule has 2 heteroatoms. The van der Waals surface area contributed by atoms with Crippen LogP contribution in [0.25, 0.3) is 0 Å². The lowest BCUT2D eigenvalue weighted by molar-refractivity contribution is -0.0299. The second-order valence-corrected chi connectivity index (χ2v) is 8.93. The molecule has 0 bridgehead atoms. The highest BCUT2D eigenvalue weighted by Gasteiger charge is 2.36. The Morgan fingerprint density at radius 1 is 0.840 bits per heavy atom. The Bertz CT molecular complexity index is 383. The molecule has 0 atom stereocenters. The van der Waals surface area contributed by atoms with Crippen molar-refractivity contribution in [1.82, 2.24) is 0 Å². The average molecular weight is 348 g/mol. The van der Waals surface area contributed by atoms with E-state index in [-0.39, 0.29) is 5.41 Å². The number of unbranched alkanes of at least 4 members (excludes halogenated alkanes) is 3. The highest BCUT2D eigenvalue weighted by Crippen LogP contribution is 2.41. The Balaban J connectivity index is 1.64. The molecule has 0 aromatic carbocycles. The van der Waals surface area contributed by atoms with Crippen molar-refractivity contribution in [3.05, 3.63) is 0 Å². The minimum absolute atomic E-state index is 0.179. The maximum Gasteiger partial charge on any atom is 0.0807 e. The van der Waals surface area contributed by atoms with E-state index in [9.17, 15) is 5.26 Å². The second-order valence-electron chi connectivity index (χ2n) is 8.93. The summed E-state index contributed by atoms with van der Waals surface area (Å²) in [6, 6.07) is 2.64. The van der Waals surface area contributed by atoms with E-state index in [4.69, 9.17) is 4.74 Å². The van der Waals surface area contributed by atoms with E-state index in [2.05, 4.69) is 19.9 Å². The maximum absolute atomic E-state index is 9.74. The van der Waals surface area contributed by atoms with E-state index in [1.54, 1.807) is 0 Å². The van der Waals surface area contributed by atoms with Crippen LogP contribution in [0.2, 0.25) is 0 Å². The van der Waals surface area contributed by atoms with E-state index in [1.165, 1.54) is 83.5 Å². The third-order valence-electron chi connectivity index (χ3n) is 6.85. The Labute approximate surface area is 156 Å². The summed E-state index contributed by atoms with van der Waals surface area (Å²) in [6.07, 6.45) is 19.7. The minimum atomic E-state index is -0.179. The van der Waals surface area contributed by atoms with Crippen LogP contribution in [-0.2, 0) is 4.74 Å². The number of rotatable bonds is 10. The summed E-state index contributed by atoms with van der Waals surface area (Å²) in [5.41, 5.74) is -0.179. The van der Waals surface area contributed by atoms with Crippen LogP contribution in [0.5, 0.6) is 0 Å². The number of hydrogen-bond donors (Lipinski definition) is 0. The van der Waals surface area contributed by atoms with Gasteiger partial charge < -0.3 is 4.74 Å². The van der Waals surface area contributed by atoms with Crippen molar-refractivity contribution in [1.29, 1.82) is 5.26 Å². The Morgan fingerprint density at radius 2 is 1.52 bits per heavy atom. The minimum Gasteiger partial charge on any atom is -0.377 e. The molecule has 0 saturated heterocycles. The van der Waals surface area contributed by atoms with E-state index >= 15 is 0 Å². The van der Waals surface area contributed by atoms with Crippen molar-refractivity contribution >= 4 is 0 Å². The molecule has 2 rings (SSSR count). The first-order chi connectivity index (χ1) is 12.2. The van der Waals surface area contributed by atoms with Gasteiger partial charge in [-0.2, -0.15) is 5.26 Å². The Kier molecular flexibility index (Phi) is 9.32. The lowest BCUT2D eigenvalue weighted by atomic mass is 9.71. The summed E-state index contributed by atoms with van der Waals surface area (Å²) in [6.45, 7) is 5.25. The summed E-state index contributed by atoms with van der Waals surface area (Å²) >= 11 is 0. The molecule has 0 spiro atoms. The van der Waals surface area contributed by atoms with Gasteiger partial charge in [0.25, 0.3) is 0 Å². The number of hydrogen-bond acceptors (Lipinski definition) is 2. The average Bonchev–Trinajstić information content (AvgIpc) is 2.66. The Morgan fingerprint density at radius 3 is 2.12 bits per heavy atom. The van der Waals surface area contributed by atoms with Gasteiger partial charge in [0, 0.05) is 0 Å². The van der Waals surface area contributed by atoms with Gasteiger partial charge in [0.1, 0.15) is 0 Å².